The van der Waals surface area contributed by atoms with Crippen molar-refractivity contribution in [1.29, 1.82) is 0 Å². The monoisotopic (exact) mass is 711 g/mol. The summed E-state index contributed by atoms with van der Waals surface area (Å²) in [6, 6.07) is 40.9. The lowest BCUT2D eigenvalue weighted by molar-refractivity contribution is 0.195. The minimum absolute atomic E-state index is 0.0174. The number of rotatable bonds is 8. The lowest BCUT2D eigenvalue weighted by atomic mass is 9.61. The minimum atomic E-state index is -0.0174. The summed E-state index contributed by atoms with van der Waals surface area (Å²) in [4.78, 5) is 7.95. The molecule has 1 aliphatic heterocycles. The molecular formula is C51H57N3. The van der Waals surface area contributed by atoms with Crippen LogP contribution in [0.4, 0.5) is 34.1 Å². The van der Waals surface area contributed by atoms with Gasteiger partial charge >= 0.3 is 0 Å². The average molecular weight is 712 g/mol. The van der Waals surface area contributed by atoms with Gasteiger partial charge in [-0.2, -0.15) is 0 Å². The van der Waals surface area contributed by atoms with Crippen LogP contribution < -0.4 is 14.7 Å². The topological polar surface area (TPSA) is 9.72 Å². The Kier molecular flexibility index (Phi) is 9.33. The number of hydrogen-bond donors (Lipinski definition) is 0. The molecule has 3 aliphatic rings. The Morgan fingerprint density at radius 3 is 2.15 bits per heavy atom. The van der Waals surface area contributed by atoms with Gasteiger partial charge in [-0.1, -0.05) is 106 Å². The zero-order valence-electron chi connectivity index (χ0n) is 33.7. The molecule has 0 bridgehead atoms. The molecule has 276 valence electrons. The summed E-state index contributed by atoms with van der Waals surface area (Å²) in [7, 11) is 0. The van der Waals surface area contributed by atoms with Gasteiger partial charge in [0.15, 0.2) is 0 Å². The van der Waals surface area contributed by atoms with Crippen molar-refractivity contribution in [2.24, 2.45) is 0 Å². The molecule has 0 saturated heterocycles. The van der Waals surface area contributed by atoms with E-state index in [0.717, 1.165) is 12.8 Å². The Bertz CT molecular complexity index is 2260. The van der Waals surface area contributed by atoms with Crippen LogP contribution in [0.3, 0.4) is 0 Å². The van der Waals surface area contributed by atoms with Crippen LogP contribution in [-0.4, -0.2) is 11.6 Å². The molecule has 3 unspecified atom stereocenters. The molecule has 1 heterocycles. The highest BCUT2D eigenvalue weighted by atomic mass is 15.3. The van der Waals surface area contributed by atoms with Gasteiger partial charge in [-0.25, -0.2) is 0 Å². The van der Waals surface area contributed by atoms with Gasteiger partial charge in [-0.15, -0.1) is 0 Å². The molecule has 3 heteroatoms. The molecule has 1 saturated carbocycles. The lowest BCUT2D eigenvalue weighted by Gasteiger charge is -2.51. The van der Waals surface area contributed by atoms with Gasteiger partial charge in [0, 0.05) is 39.5 Å². The van der Waals surface area contributed by atoms with E-state index in [4.69, 9.17) is 0 Å². The van der Waals surface area contributed by atoms with E-state index >= 15 is 0 Å². The van der Waals surface area contributed by atoms with E-state index in [9.17, 15) is 0 Å². The second kappa shape index (κ2) is 14.0. The van der Waals surface area contributed by atoms with Crippen molar-refractivity contribution < 1.29 is 0 Å². The first kappa shape index (κ1) is 36.0. The smallest absolute Gasteiger partial charge is 0.0580 e. The summed E-state index contributed by atoms with van der Waals surface area (Å²) in [6.45, 7) is 18.9. The number of benzene rings is 5. The normalized spacial score (nSPS) is 21.9. The van der Waals surface area contributed by atoms with Crippen LogP contribution in [0.2, 0.25) is 0 Å². The molecule has 5 aromatic carbocycles. The van der Waals surface area contributed by atoms with E-state index in [0.29, 0.717) is 0 Å². The molecule has 5 aromatic rings. The van der Waals surface area contributed by atoms with E-state index in [1.54, 1.807) is 0 Å². The Labute approximate surface area is 324 Å². The highest BCUT2D eigenvalue weighted by Crippen LogP contribution is 2.62. The van der Waals surface area contributed by atoms with Crippen LogP contribution in [-0.2, 0) is 11.8 Å². The molecule has 0 radical (unpaired) electrons. The summed E-state index contributed by atoms with van der Waals surface area (Å²) in [5, 5.41) is 0. The molecule has 3 atom stereocenters. The third-order valence-corrected chi connectivity index (χ3v) is 13.3. The van der Waals surface area contributed by atoms with E-state index < -0.39 is 0 Å². The van der Waals surface area contributed by atoms with Crippen LogP contribution in [0.1, 0.15) is 93.2 Å². The average Bonchev–Trinajstić information content (AvgIpc) is 3.39. The fourth-order valence-electron chi connectivity index (χ4n) is 10.2. The first-order valence-electron chi connectivity index (χ1n) is 20.3. The molecule has 54 heavy (non-hydrogen) atoms. The van der Waals surface area contributed by atoms with Crippen LogP contribution in [0.5, 0.6) is 0 Å². The van der Waals surface area contributed by atoms with Crippen LogP contribution in [0, 0.1) is 27.7 Å². The van der Waals surface area contributed by atoms with Gasteiger partial charge < -0.3 is 14.7 Å². The fourth-order valence-corrected chi connectivity index (χ4v) is 10.2. The maximum atomic E-state index is 2.79. The Morgan fingerprint density at radius 2 is 1.39 bits per heavy atom. The van der Waals surface area contributed by atoms with Crippen molar-refractivity contribution in [1.82, 2.24) is 0 Å². The quantitative estimate of drug-likeness (QED) is 0.159. The van der Waals surface area contributed by atoms with Crippen LogP contribution in [0.25, 0.3) is 0 Å². The highest BCUT2D eigenvalue weighted by Gasteiger charge is 2.58. The van der Waals surface area contributed by atoms with Gasteiger partial charge in [-0.3, -0.25) is 0 Å². The molecule has 0 N–H and O–H groups in total. The maximum absolute atomic E-state index is 2.79. The lowest BCUT2D eigenvalue weighted by Crippen LogP contribution is -2.54. The largest absolute Gasteiger partial charge is 0.334 e. The number of fused-ring (bicyclic) bond motifs is 3. The van der Waals surface area contributed by atoms with Gasteiger partial charge in [0.2, 0.25) is 0 Å². The summed E-state index contributed by atoms with van der Waals surface area (Å²) in [5.41, 5.74) is 18.5. The Morgan fingerprint density at radius 1 is 0.704 bits per heavy atom. The van der Waals surface area contributed by atoms with Gasteiger partial charge in [-0.05, 0) is 149 Å². The van der Waals surface area contributed by atoms with Crippen molar-refractivity contribution in [2.75, 3.05) is 14.7 Å². The van der Waals surface area contributed by atoms with E-state index in [1.807, 2.05) is 0 Å². The molecule has 0 aromatic heterocycles. The van der Waals surface area contributed by atoms with E-state index in [-0.39, 0.29) is 17.0 Å². The molecule has 0 spiro atoms. The second-order valence-corrected chi connectivity index (χ2v) is 16.6. The van der Waals surface area contributed by atoms with E-state index in [1.165, 1.54) is 104 Å². The Hall–Kier alpha value is -5.02. The number of para-hydroxylation sites is 4. The highest BCUT2D eigenvalue weighted by molar-refractivity contribution is 5.86. The molecule has 3 nitrogen and oxygen atoms in total. The van der Waals surface area contributed by atoms with Crippen LogP contribution in [0.15, 0.2) is 133 Å². The molecule has 1 fully saturated rings. The summed E-state index contributed by atoms with van der Waals surface area (Å²) in [6.07, 6.45) is 11.9. The van der Waals surface area contributed by atoms with Crippen molar-refractivity contribution >= 4 is 34.1 Å². The SMILES string of the molecule is CCc1ccccc1N(C1=CC(N(c2ccccc2)c2ccccc2C)CC=C1C)c1cc(C)cc(N2c3c(C)cccc3C3(C)CCCCC23C)c1C. The number of allylic oxidation sites excluding steroid dienone is 1. The standard InChI is InChI=1S/C51H57N3/c1-9-40-22-14-16-27-45(40)53(46-34-42(29-28-37(46)4)52(41-23-11-10-12-24-41)44-26-15-13-20-36(44)3)47-32-35(2)33-48(39(47)6)54-49-38(5)21-19-25-43(49)50(7)30-17-18-31-51(50,54)8/h10-16,19-28,32-34,42H,9,17-18,29-31H2,1-8H3. The third-order valence-electron chi connectivity index (χ3n) is 13.3. The molecule has 2 aliphatic carbocycles. The first-order valence-corrected chi connectivity index (χ1v) is 20.3. The zero-order valence-corrected chi connectivity index (χ0v) is 33.7. The number of anilines is 6. The van der Waals surface area contributed by atoms with Crippen molar-refractivity contribution in [3.05, 3.63) is 166 Å². The zero-order chi connectivity index (χ0) is 37.8. The Balaban J connectivity index is 1.36. The van der Waals surface area contributed by atoms with E-state index in [2.05, 4.69) is 191 Å². The molecular weight excluding hydrogens is 655 g/mol. The maximum Gasteiger partial charge on any atom is 0.0580 e. The molecule has 8 rings (SSSR count). The second-order valence-electron chi connectivity index (χ2n) is 16.6. The van der Waals surface area contributed by atoms with Gasteiger partial charge in [0.25, 0.3) is 0 Å². The van der Waals surface area contributed by atoms with Gasteiger partial charge in [0.05, 0.1) is 17.3 Å². The van der Waals surface area contributed by atoms with Crippen LogP contribution >= 0.6 is 0 Å². The summed E-state index contributed by atoms with van der Waals surface area (Å²) < 4.78 is 0. The van der Waals surface area contributed by atoms with Crippen molar-refractivity contribution in [3.63, 3.8) is 0 Å². The van der Waals surface area contributed by atoms with Crippen molar-refractivity contribution in [3.8, 4) is 0 Å². The number of aryl methyl sites for hydroxylation is 4. The summed E-state index contributed by atoms with van der Waals surface area (Å²) in [5.74, 6) is 0. The predicted molar refractivity (Wildman–Crippen MR) is 231 cm³/mol. The minimum Gasteiger partial charge on any atom is -0.334 e. The predicted octanol–water partition coefficient (Wildman–Crippen LogP) is 13.8. The molecule has 0 amide bonds. The van der Waals surface area contributed by atoms with Gasteiger partial charge in [0.1, 0.15) is 0 Å². The fraction of sp³-hybridized carbons (Fsp3) is 0.333. The van der Waals surface area contributed by atoms with Crippen molar-refractivity contribution in [2.45, 2.75) is 111 Å². The third kappa shape index (κ3) is 5.70. The first-order chi connectivity index (χ1) is 26.1. The number of nitrogens with zero attached hydrogens (tertiary/aromatic N) is 3. The summed E-state index contributed by atoms with van der Waals surface area (Å²) >= 11 is 0. The number of hydrogen-bond acceptors (Lipinski definition) is 3.